The van der Waals surface area contributed by atoms with E-state index in [2.05, 4.69) is 0 Å². The smallest absolute Gasteiger partial charge is 0.313 e. The standard InChI is InChI=1S/C28H32O13/c1-34-17-4-12(5-18(35-2)25(17)36-3)20-14-7-16-15(38-11-39-16)6-13(14)8-28(10-37-26(33)21(20)28)41-27-24(32)23(31)22(30)19(9-29)40-27/h4-7,19-24,27,29-32H,8-11H2,1-3H3/t19-,20-,21-,22-,23+,24-,27+,28+/m1/s1. The Morgan fingerprint density at radius 1 is 0.902 bits per heavy atom. The van der Waals surface area contributed by atoms with Crippen LogP contribution in [0.3, 0.4) is 0 Å². The van der Waals surface area contributed by atoms with Crippen LogP contribution in [0.5, 0.6) is 28.7 Å². The normalized spacial score (nSPS) is 33.5. The average molecular weight is 577 g/mol. The molecule has 2 aromatic carbocycles. The molecule has 13 heteroatoms. The Hall–Kier alpha value is -3.33. The summed E-state index contributed by atoms with van der Waals surface area (Å²) < 4.78 is 45.7. The summed E-state index contributed by atoms with van der Waals surface area (Å²) in [6.07, 6.45) is -7.42. The number of fused-ring (bicyclic) bond motifs is 3. The SMILES string of the molecule is COc1cc([C@@H]2c3cc4c(cc3C[C@]3(O[C@@H]5O[C@H](CO)[C@@H](O)[C@H](O)[C@H]5O)COC(=O)[C@@H]23)OCO4)cc(OC)c1OC. The van der Waals surface area contributed by atoms with Gasteiger partial charge in [-0.2, -0.15) is 0 Å². The number of carbonyl (C=O) groups excluding carboxylic acids is 1. The van der Waals surface area contributed by atoms with Gasteiger partial charge < -0.3 is 58.3 Å². The predicted molar refractivity (Wildman–Crippen MR) is 136 cm³/mol. The lowest BCUT2D eigenvalue weighted by Gasteiger charge is -2.47. The summed E-state index contributed by atoms with van der Waals surface area (Å²) in [4.78, 5) is 13.6. The van der Waals surface area contributed by atoms with Gasteiger partial charge in [0.15, 0.2) is 29.3 Å². The zero-order valence-electron chi connectivity index (χ0n) is 22.6. The fraction of sp³-hybridized carbons (Fsp3) is 0.536. The van der Waals surface area contributed by atoms with E-state index in [9.17, 15) is 25.2 Å². The molecule has 2 fully saturated rings. The zero-order valence-corrected chi connectivity index (χ0v) is 22.6. The molecule has 13 nitrogen and oxygen atoms in total. The molecule has 0 unspecified atom stereocenters. The van der Waals surface area contributed by atoms with E-state index < -0.39 is 60.7 Å². The molecule has 1 aliphatic carbocycles. The summed E-state index contributed by atoms with van der Waals surface area (Å²) in [7, 11) is 4.47. The highest BCUT2D eigenvalue weighted by Crippen LogP contribution is 2.55. The highest BCUT2D eigenvalue weighted by atomic mass is 16.7. The number of benzene rings is 2. The van der Waals surface area contributed by atoms with Crippen LogP contribution in [0, 0.1) is 5.92 Å². The Morgan fingerprint density at radius 3 is 2.22 bits per heavy atom. The van der Waals surface area contributed by atoms with Gasteiger partial charge in [0.25, 0.3) is 0 Å². The van der Waals surface area contributed by atoms with Gasteiger partial charge in [-0.25, -0.2) is 0 Å². The van der Waals surface area contributed by atoms with E-state index >= 15 is 0 Å². The van der Waals surface area contributed by atoms with Crippen LogP contribution < -0.4 is 23.7 Å². The molecule has 222 valence electrons. The number of methoxy groups -OCH3 is 3. The minimum absolute atomic E-state index is 0.0467. The van der Waals surface area contributed by atoms with Crippen LogP contribution in [0.25, 0.3) is 0 Å². The second-order valence-electron chi connectivity index (χ2n) is 10.5. The van der Waals surface area contributed by atoms with Crippen molar-refractivity contribution in [1.29, 1.82) is 0 Å². The molecule has 2 aromatic rings. The van der Waals surface area contributed by atoms with Crippen LogP contribution in [0.2, 0.25) is 0 Å². The number of hydrogen-bond acceptors (Lipinski definition) is 13. The fourth-order valence-electron chi connectivity index (χ4n) is 6.33. The number of aliphatic hydroxyl groups is 4. The Morgan fingerprint density at radius 2 is 1.59 bits per heavy atom. The summed E-state index contributed by atoms with van der Waals surface area (Å²) in [5.74, 6) is -0.000558. The van der Waals surface area contributed by atoms with Gasteiger partial charge in [0.05, 0.1) is 27.9 Å². The van der Waals surface area contributed by atoms with E-state index in [4.69, 9.17) is 37.9 Å². The summed E-state index contributed by atoms with van der Waals surface area (Å²) in [6.45, 7) is -0.761. The number of cyclic esters (lactones) is 1. The molecule has 4 N–H and O–H groups in total. The predicted octanol–water partition coefficient (Wildman–Crippen LogP) is -0.143. The molecule has 0 radical (unpaired) electrons. The first kappa shape index (κ1) is 27.8. The molecule has 0 spiro atoms. The first-order chi connectivity index (χ1) is 19.7. The lowest BCUT2D eigenvalue weighted by molar-refractivity contribution is -0.331. The van der Waals surface area contributed by atoms with Crippen LogP contribution in [0.15, 0.2) is 24.3 Å². The van der Waals surface area contributed by atoms with Gasteiger partial charge in [-0.05, 0) is 41.0 Å². The average Bonchev–Trinajstić information content (AvgIpc) is 3.57. The fourth-order valence-corrected chi connectivity index (χ4v) is 6.33. The Labute approximate surface area is 235 Å². The summed E-state index contributed by atoms with van der Waals surface area (Å²) in [6, 6.07) is 7.14. The van der Waals surface area contributed by atoms with E-state index in [1.54, 1.807) is 12.1 Å². The quantitative estimate of drug-likeness (QED) is 0.321. The highest BCUT2D eigenvalue weighted by Gasteiger charge is 2.61. The lowest BCUT2D eigenvalue weighted by Crippen LogP contribution is -2.62. The van der Waals surface area contributed by atoms with Gasteiger partial charge in [-0.15, -0.1) is 0 Å². The highest BCUT2D eigenvalue weighted by molar-refractivity contribution is 5.80. The molecule has 3 heterocycles. The van der Waals surface area contributed by atoms with Gasteiger partial charge in [0, 0.05) is 12.3 Å². The van der Waals surface area contributed by atoms with Crippen molar-refractivity contribution < 1.29 is 63.1 Å². The molecule has 0 amide bonds. The molecule has 2 saturated heterocycles. The summed E-state index contributed by atoms with van der Waals surface area (Å²) in [5, 5.41) is 41.2. The third kappa shape index (κ3) is 4.35. The van der Waals surface area contributed by atoms with E-state index in [-0.39, 0.29) is 19.8 Å². The van der Waals surface area contributed by atoms with Crippen molar-refractivity contribution >= 4 is 5.97 Å². The van der Waals surface area contributed by atoms with Crippen LogP contribution in [0.1, 0.15) is 22.6 Å². The van der Waals surface area contributed by atoms with Crippen molar-refractivity contribution in [2.75, 3.05) is 41.3 Å². The second kappa shape index (κ2) is 10.5. The number of esters is 1. The van der Waals surface area contributed by atoms with Crippen molar-refractivity contribution in [2.24, 2.45) is 5.92 Å². The maximum Gasteiger partial charge on any atom is 0.313 e. The van der Waals surface area contributed by atoms with Gasteiger partial charge in [0.1, 0.15) is 42.5 Å². The molecule has 0 saturated carbocycles. The van der Waals surface area contributed by atoms with Gasteiger partial charge >= 0.3 is 5.97 Å². The molecule has 4 aliphatic rings. The van der Waals surface area contributed by atoms with E-state index in [1.165, 1.54) is 21.3 Å². The molecule has 3 aliphatic heterocycles. The minimum atomic E-state index is -1.67. The van der Waals surface area contributed by atoms with E-state index in [0.29, 0.717) is 34.3 Å². The van der Waals surface area contributed by atoms with Crippen LogP contribution in [-0.2, 0) is 25.4 Å². The zero-order chi connectivity index (χ0) is 29.1. The maximum absolute atomic E-state index is 13.6. The maximum atomic E-state index is 13.6. The topological polar surface area (TPSA) is 172 Å². The molecule has 8 atom stereocenters. The number of rotatable bonds is 7. The van der Waals surface area contributed by atoms with Crippen LogP contribution in [-0.4, -0.2) is 104 Å². The molecule has 6 rings (SSSR count). The molecular formula is C28H32O13. The Bertz CT molecular complexity index is 1300. The molecular weight excluding hydrogens is 544 g/mol. The number of aliphatic hydroxyl groups excluding tert-OH is 4. The molecule has 41 heavy (non-hydrogen) atoms. The van der Waals surface area contributed by atoms with Crippen molar-refractivity contribution in [1.82, 2.24) is 0 Å². The summed E-state index contributed by atoms with van der Waals surface area (Å²) >= 11 is 0. The second-order valence-corrected chi connectivity index (χ2v) is 10.5. The number of ether oxygens (including phenoxy) is 8. The minimum Gasteiger partial charge on any atom is -0.493 e. The monoisotopic (exact) mass is 576 g/mol. The van der Waals surface area contributed by atoms with Gasteiger partial charge in [-0.3, -0.25) is 4.79 Å². The van der Waals surface area contributed by atoms with Crippen molar-refractivity contribution in [3.63, 3.8) is 0 Å². The third-order valence-corrected chi connectivity index (χ3v) is 8.32. The van der Waals surface area contributed by atoms with E-state index in [1.807, 2.05) is 12.1 Å². The van der Waals surface area contributed by atoms with Gasteiger partial charge in [0.2, 0.25) is 12.5 Å². The first-order valence-corrected chi connectivity index (χ1v) is 13.1. The summed E-state index contributed by atoms with van der Waals surface area (Å²) in [5.41, 5.74) is 0.786. The third-order valence-electron chi connectivity index (χ3n) is 8.32. The van der Waals surface area contributed by atoms with Crippen LogP contribution >= 0.6 is 0 Å². The molecule has 0 bridgehead atoms. The lowest BCUT2D eigenvalue weighted by atomic mass is 9.65. The Balaban J connectivity index is 1.50. The number of hydrogen-bond donors (Lipinski definition) is 4. The number of carbonyl (C=O) groups is 1. The largest absolute Gasteiger partial charge is 0.493 e. The Kier molecular flexibility index (Phi) is 7.12. The van der Waals surface area contributed by atoms with Gasteiger partial charge in [-0.1, -0.05) is 0 Å². The molecule has 0 aromatic heterocycles. The van der Waals surface area contributed by atoms with E-state index in [0.717, 1.165) is 11.1 Å². The van der Waals surface area contributed by atoms with Crippen molar-refractivity contribution in [3.05, 3.63) is 41.0 Å². The van der Waals surface area contributed by atoms with Crippen molar-refractivity contribution in [3.8, 4) is 28.7 Å². The first-order valence-electron chi connectivity index (χ1n) is 13.1. The van der Waals surface area contributed by atoms with Crippen molar-refractivity contribution in [2.45, 2.75) is 48.6 Å². The van der Waals surface area contributed by atoms with Crippen LogP contribution in [0.4, 0.5) is 0 Å².